The molecule has 0 aromatic rings. The molecule has 0 aromatic carbocycles. The number of hydrogen-bond acceptors (Lipinski definition) is 10. The van der Waals surface area contributed by atoms with Crippen molar-refractivity contribution in [2.24, 2.45) is 28.6 Å². The molecule has 8 N–H and O–H groups in total. The molecule has 0 saturated heterocycles. The maximum Gasteiger partial charge on any atom is 0.331 e. The number of esters is 1. The molecule has 4 aliphatic carbocycles. The molecular weight excluding hydrogens is 532 g/mol. The van der Waals surface area contributed by atoms with Gasteiger partial charge >= 0.3 is 5.97 Å². The minimum atomic E-state index is -1.50. The summed E-state index contributed by atoms with van der Waals surface area (Å²) in [5, 5.41) is 63.5. The Kier molecular flexibility index (Phi) is 9.90. The number of carboxylic acid groups (broad SMARTS) is 1. The van der Waals surface area contributed by atoms with E-state index in [1.807, 2.05) is 4.90 Å². The number of carbonyl (C=O) groups excluding carboxylic acids is 2. The van der Waals surface area contributed by atoms with E-state index < -0.39 is 34.1 Å². The summed E-state index contributed by atoms with van der Waals surface area (Å²) in [7, 11) is 0. The highest BCUT2D eigenvalue weighted by atomic mass is 16.5. The Morgan fingerprint density at radius 3 is 2.32 bits per heavy atom. The van der Waals surface area contributed by atoms with Crippen LogP contribution in [0.2, 0.25) is 0 Å². The lowest BCUT2D eigenvalue weighted by Crippen LogP contribution is -2.72. The predicted molar refractivity (Wildman–Crippen MR) is 146 cm³/mol. The zero-order chi connectivity index (χ0) is 30.1. The van der Waals surface area contributed by atoms with Gasteiger partial charge in [0.15, 0.2) is 0 Å². The topological polar surface area (TPSA) is 198 Å². The van der Waals surface area contributed by atoms with Crippen molar-refractivity contribution < 1.29 is 50.7 Å². The molecule has 11 nitrogen and oxygen atoms in total. The van der Waals surface area contributed by atoms with Crippen LogP contribution < -0.4 is 10.8 Å². The fourth-order valence-electron chi connectivity index (χ4n) is 9.42. The largest absolute Gasteiger partial charge is 0.549 e. The standard InChI is InChI=1S/C23H32O7.C7H18N2O2/c1-20-6-3-16-17(23(20,29)9-5-15(20)13-10-18(25)30-12-13)4-7-21(28)11-14(24)2-8-22(16,21)19(26)27;8-2-1-3-9(4-6-10)5-7-11/h10,14-17,24,28-29H,2-9,11-12H2,1H3,(H,26,27);10-11H,1-8H2/t14?,15-,16?,17?,20+,21?,22+,23?;/m0./s1. The first kappa shape index (κ1) is 32.3. The fourth-order valence-corrected chi connectivity index (χ4v) is 9.42. The van der Waals surface area contributed by atoms with E-state index in [-0.39, 0.29) is 62.8 Å². The van der Waals surface area contributed by atoms with Crippen LogP contribution >= 0.6 is 0 Å². The number of rotatable bonds is 9. The Balaban J connectivity index is 0.000000301. The van der Waals surface area contributed by atoms with E-state index in [0.29, 0.717) is 45.2 Å². The van der Waals surface area contributed by atoms with Crippen LogP contribution in [-0.4, -0.2) is 106 Å². The molecule has 0 aromatic heterocycles. The molecule has 4 saturated carbocycles. The van der Waals surface area contributed by atoms with E-state index in [4.69, 9.17) is 14.9 Å². The van der Waals surface area contributed by atoms with Crippen LogP contribution in [0, 0.1) is 28.6 Å². The number of nitrogens with zero attached hydrogens (tertiary/aromatic N) is 1. The van der Waals surface area contributed by atoms with Crippen molar-refractivity contribution in [3.63, 3.8) is 0 Å². The first-order valence-electron chi connectivity index (χ1n) is 15.4. The van der Waals surface area contributed by atoms with Gasteiger partial charge in [-0.3, -0.25) is 4.90 Å². The van der Waals surface area contributed by atoms with Gasteiger partial charge in [0.25, 0.3) is 0 Å². The van der Waals surface area contributed by atoms with Gasteiger partial charge in [-0.1, -0.05) is 6.92 Å². The minimum absolute atomic E-state index is 0.0304. The van der Waals surface area contributed by atoms with Crippen LogP contribution in [0.1, 0.15) is 71.1 Å². The third-order valence-electron chi connectivity index (χ3n) is 11.5. The van der Waals surface area contributed by atoms with E-state index >= 15 is 0 Å². The second-order valence-electron chi connectivity index (χ2n) is 13.2. The molecule has 1 aliphatic heterocycles. The summed E-state index contributed by atoms with van der Waals surface area (Å²) in [5.41, 5.74) is 0.193. The van der Waals surface area contributed by atoms with Crippen LogP contribution in [0.3, 0.4) is 0 Å². The van der Waals surface area contributed by atoms with Crippen LogP contribution in [0.25, 0.3) is 0 Å². The second kappa shape index (κ2) is 12.6. The van der Waals surface area contributed by atoms with E-state index in [1.165, 1.54) is 0 Å². The quantitative estimate of drug-likeness (QED) is 0.171. The lowest BCUT2D eigenvalue weighted by molar-refractivity contribution is -0.368. The zero-order valence-electron chi connectivity index (χ0n) is 24.4. The molecular formula is C30H50N2O9. The summed E-state index contributed by atoms with van der Waals surface area (Å²) in [5.74, 6) is -2.19. The fraction of sp³-hybridized carbons (Fsp3) is 0.867. The molecule has 5 unspecified atom stereocenters. The van der Waals surface area contributed by atoms with E-state index in [9.17, 15) is 30.0 Å². The van der Waals surface area contributed by atoms with Gasteiger partial charge in [-0.05, 0) is 74.7 Å². The van der Waals surface area contributed by atoms with Crippen LogP contribution in [0.4, 0.5) is 0 Å². The lowest BCUT2D eigenvalue weighted by atomic mass is 9.41. The zero-order valence-corrected chi connectivity index (χ0v) is 24.4. The maximum absolute atomic E-state index is 12.6. The van der Waals surface area contributed by atoms with Crippen molar-refractivity contribution in [3.8, 4) is 0 Å². The number of carbonyl (C=O) groups is 2. The number of carboxylic acids is 1. The molecule has 0 spiro atoms. The number of ether oxygens (including phenoxy) is 1. The molecule has 8 atom stereocenters. The summed E-state index contributed by atoms with van der Waals surface area (Å²) in [6.07, 6.45) is 5.67. The van der Waals surface area contributed by atoms with Crippen molar-refractivity contribution in [2.75, 3.05) is 46.0 Å². The normalized spacial score (nSPS) is 41.5. The summed E-state index contributed by atoms with van der Waals surface area (Å²) in [6, 6.07) is 0. The monoisotopic (exact) mass is 582 g/mol. The Bertz CT molecular complexity index is 987. The van der Waals surface area contributed by atoms with Crippen molar-refractivity contribution in [2.45, 2.75) is 88.4 Å². The Labute approximate surface area is 242 Å². The Morgan fingerprint density at radius 1 is 1.05 bits per heavy atom. The lowest BCUT2D eigenvalue weighted by Gasteiger charge is -2.67. The maximum atomic E-state index is 12.6. The smallest absolute Gasteiger partial charge is 0.331 e. The van der Waals surface area contributed by atoms with E-state index in [2.05, 4.69) is 12.7 Å². The number of fused-ring (bicyclic) bond motifs is 5. The van der Waals surface area contributed by atoms with Crippen molar-refractivity contribution in [3.05, 3.63) is 11.6 Å². The van der Waals surface area contributed by atoms with Gasteiger partial charge in [0.2, 0.25) is 0 Å². The molecule has 41 heavy (non-hydrogen) atoms. The highest BCUT2D eigenvalue weighted by molar-refractivity contribution is 5.85. The molecule has 4 fully saturated rings. The highest BCUT2D eigenvalue weighted by Crippen LogP contribution is 2.70. The molecule has 1 heterocycles. The van der Waals surface area contributed by atoms with Gasteiger partial charge < -0.3 is 45.9 Å². The summed E-state index contributed by atoms with van der Waals surface area (Å²) in [6.45, 7) is 5.80. The Hall–Kier alpha value is -1.60. The summed E-state index contributed by atoms with van der Waals surface area (Å²) >= 11 is 0. The van der Waals surface area contributed by atoms with Crippen molar-refractivity contribution in [1.29, 1.82) is 0 Å². The number of aliphatic carboxylic acids is 1. The second-order valence-corrected chi connectivity index (χ2v) is 13.2. The van der Waals surface area contributed by atoms with Crippen LogP contribution in [0.15, 0.2) is 11.6 Å². The average molecular weight is 583 g/mol. The van der Waals surface area contributed by atoms with E-state index in [0.717, 1.165) is 31.5 Å². The molecule has 0 bridgehead atoms. The number of aliphatic hydroxyl groups excluding tert-OH is 3. The highest BCUT2D eigenvalue weighted by Gasteiger charge is 2.71. The minimum Gasteiger partial charge on any atom is -0.549 e. The molecule has 11 heteroatoms. The molecule has 5 rings (SSSR count). The van der Waals surface area contributed by atoms with Crippen molar-refractivity contribution >= 4 is 11.9 Å². The van der Waals surface area contributed by atoms with Crippen LogP contribution in [0.5, 0.6) is 0 Å². The van der Waals surface area contributed by atoms with Crippen molar-refractivity contribution in [1.82, 2.24) is 4.90 Å². The first-order chi connectivity index (χ1) is 19.4. The van der Waals surface area contributed by atoms with Gasteiger partial charge in [-0.15, -0.1) is 0 Å². The summed E-state index contributed by atoms with van der Waals surface area (Å²) in [4.78, 5) is 26.2. The van der Waals surface area contributed by atoms with Gasteiger partial charge in [0, 0.05) is 49.4 Å². The number of quaternary nitrogens is 1. The first-order valence-corrected chi connectivity index (χ1v) is 15.4. The van der Waals surface area contributed by atoms with Gasteiger partial charge in [-0.2, -0.15) is 0 Å². The molecule has 234 valence electrons. The molecule has 5 aliphatic rings. The SMILES string of the molecule is C[C@]12CCC3C(CCC4(O)CC(O)CC[C@]34C(=O)[O-])C1(O)CC[C@H]2C1=CC(=O)OC1.[NH3+]CCCN(CCO)CCO. The molecule has 0 amide bonds. The van der Waals surface area contributed by atoms with Crippen LogP contribution in [-0.2, 0) is 14.3 Å². The van der Waals surface area contributed by atoms with Gasteiger partial charge in [-0.25, -0.2) is 4.79 Å². The Morgan fingerprint density at radius 2 is 1.73 bits per heavy atom. The molecule has 0 radical (unpaired) electrons. The third kappa shape index (κ3) is 5.47. The number of hydrogen-bond donors (Lipinski definition) is 6. The third-order valence-corrected chi connectivity index (χ3v) is 11.5. The summed E-state index contributed by atoms with van der Waals surface area (Å²) < 4.78 is 5.13. The number of cyclic esters (lactones) is 1. The predicted octanol–water partition coefficient (Wildman–Crippen LogP) is -1.65. The van der Waals surface area contributed by atoms with Gasteiger partial charge in [0.05, 0.1) is 43.0 Å². The number of aliphatic hydroxyl groups is 5. The van der Waals surface area contributed by atoms with E-state index in [1.54, 1.807) is 6.08 Å². The van der Waals surface area contributed by atoms with Gasteiger partial charge in [0.1, 0.15) is 6.61 Å². The average Bonchev–Trinajstić information content (AvgIpc) is 3.46.